The fourth-order valence-corrected chi connectivity index (χ4v) is 11.0. The van der Waals surface area contributed by atoms with Crippen LogP contribution in [-0.4, -0.2) is 151 Å². The molecule has 8 rings (SSSR count). The number of aliphatic imine (C=N–C) groups is 1. The van der Waals surface area contributed by atoms with Gasteiger partial charge < -0.3 is 60.5 Å². The predicted molar refractivity (Wildman–Crippen MR) is 335 cm³/mol. The van der Waals surface area contributed by atoms with Crippen LogP contribution in [0.1, 0.15) is 144 Å². The Kier molecular flexibility index (Phi) is 24.4. The summed E-state index contributed by atoms with van der Waals surface area (Å²) >= 11 is 0. The van der Waals surface area contributed by atoms with E-state index in [1.807, 2.05) is 126 Å². The molecule has 3 aliphatic heterocycles. The summed E-state index contributed by atoms with van der Waals surface area (Å²) in [6, 6.07) is 25.4. The molecule has 20 nitrogen and oxygen atoms in total. The Morgan fingerprint density at radius 2 is 1.47 bits per heavy atom. The number of hydrogen-bond acceptors (Lipinski definition) is 15. The molecule has 3 unspecified atom stereocenters. The Morgan fingerprint density at radius 3 is 2.14 bits per heavy atom. The number of nitrogens with zero attached hydrogens (tertiary/aromatic N) is 5. The lowest BCUT2D eigenvalue weighted by Gasteiger charge is -2.37. The number of benzene rings is 3. The Hall–Kier alpha value is -7.30. The van der Waals surface area contributed by atoms with Crippen LogP contribution in [0.15, 0.2) is 108 Å². The molecule has 4 amide bonds. The highest BCUT2D eigenvalue weighted by molar-refractivity contribution is 6.85. The first-order valence-corrected chi connectivity index (χ1v) is 30.7. The number of carbonyl (C=O) groups is 4. The molecule has 3 aromatic carbocycles. The lowest BCUT2D eigenvalue weighted by atomic mass is 9.69. The van der Waals surface area contributed by atoms with Crippen molar-refractivity contribution >= 4 is 48.2 Å². The maximum Gasteiger partial charge on any atom is 0.251 e. The van der Waals surface area contributed by atoms with Gasteiger partial charge in [-0.3, -0.25) is 29.2 Å². The van der Waals surface area contributed by atoms with E-state index in [0.717, 1.165) is 117 Å². The fourth-order valence-electron chi connectivity index (χ4n) is 11.0. The number of unbranched alkanes of at least 4 members (excludes halogenated alkanes) is 5. The zero-order valence-electron chi connectivity index (χ0n) is 50.8. The quantitative estimate of drug-likeness (QED) is 0.0158. The molecule has 2 fully saturated rings. The zero-order chi connectivity index (χ0) is 60.7. The number of aliphatic hydroxyl groups excluding tert-OH is 1. The van der Waals surface area contributed by atoms with Crippen molar-refractivity contribution in [1.29, 1.82) is 0 Å². The van der Waals surface area contributed by atoms with Crippen molar-refractivity contribution in [3.63, 3.8) is 0 Å². The number of aliphatic hydroxyl groups is 1. The number of hydrogen-bond donors (Lipinski definition) is 7. The number of H-pyrrole nitrogens is 1. The number of ether oxygens (including phenoxy) is 4. The average Bonchev–Trinajstić information content (AvgIpc) is 2.83. The van der Waals surface area contributed by atoms with Crippen molar-refractivity contribution in [2.75, 3.05) is 71.2 Å². The van der Waals surface area contributed by atoms with Crippen molar-refractivity contribution in [2.45, 2.75) is 142 Å². The van der Waals surface area contributed by atoms with Gasteiger partial charge >= 0.3 is 0 Å². The van der Waals surface area contributed by atoms with Gasteiger partial charge in [-0.25, -0.2) is 0 Å². The second kappa shape index (κ2) is 32.4. The van der Waals surface area contributed by atoms with Gasteiger partial charge in [0, 0.05) is 74.0 Å². The van der Waals surface area contributed by atoms with Gasteiger partial charge in [0.1, 0.15) is 17.8 Å². The van der Waals surface area contributed by atoms with E-state index in [4.69, 9.17) is 18.9 Å². The van der Waals surface area contributed by atoms with Gasteiger partial charge in [-0.2, -0.15) is 0 Å². The molecule has 5 heterocycles. The van der Waals surface area contributed by atoms with Crippen molar-refractivity contribution in [3.05, 3.63) is 131 Å². The minimum atomic E-state index is -0.868. The molecule has 21 heteroatoms. The Balaban J connectivity index is 0.613. The summed E-state index contributed by atoms with van der Waals surface area (Å²) in [5.74, 6) is 1.15. The second-order valence-corrected chi connectivity index (χ2v) is 23.7. The van der Waals surface area contributed by atoms with E-state index in [-0.39, 0.29) is 55.6 Å². The molecule has 460 valence electrons. The minimum absolute atomic E-state index is 0.0242. The Morgan fingerprint density at radius 1 is 0.791 bits per heavy atom. The van der Waals surface area contributed by atoms with Gasteiger partial charge in [-0.05, 0) is 148 Å². The number of aromatic nitrogens is 4. The van der Waals surface area contributed by atoms with E-state index in [9.17, 15) is 24.3 Å². The Labute approximate surface area is 507 Å². The van der Waals surface area contributed by atoms with Crippen LogP contribution in [0.5, 0.6) is 5.75 Å². The molecule has 0 spiro atoms. The first kappa shape index (κ1) is 64.7. The maximum absolute atomic E-state index is 14.0. The summed E-state index contributed by atoms with van der Waals surface area (Å²) in [5, 5.41) is 35.8. The number of carbonyl (C=O) groups excluding carboxylic acids is 4. The second-order valence-electron chi connectivity index (χ2n) is 23.7. The molecule has 3 aliphatic rings. The standard InChI is InChI=1S/C65H88BN11O9/c1-45(71-60(80)51-14-13-15-52(40-51)74-65(27-31-68-32-28-65)63-73-59(75-76-63)50-25-29-67-30-26-50)48-21-23-54(24-22-48)86-35-12-7-6-10-33-83-36-38-85-39-37-84-34-11-8-9-16-56(79)72-58(64(3,4)5)62(82)77-43-53(78)41-55(77)61(81)69-42-47-17-19-49(20-18-47)57-46(2)70-44-66-57/h13-15,17-26,29-30,40,44-45,53,55,58,66,68,74,78H,6-12,16,27-28,31-39,41-43H2,1-5H3,(H,69,81)(H,71,80)(H,72,79)(H,73,75,76)/t45-,53?,55?,58?/m1/s1. The van der Waals surface area contributed by atoms with Crippen LogP contribution in [0.25, 0.3) is 16.9 Å². The number of rotatable bonds is 33. The van der Waals surface area contributed by atoms with Crippen LogP contribution < -0.4 is 31.3 Å². The van der Waals surface area contributed by atoms with Gasteiger partial charge in [0.2, 0.25) is 25.0 Å². The van der Waals surface area contributed by atoms with E-state index in [1.165, 1.54) is 10.4 Å². The summed E-state index contributed by atoms with van der Waals surface area (Å²) in [4.78, 5) is 67.5. The number of β-amino-alcohol motifs (C(OH)–C–C–N with tert-alkyl or cyclic N) is 1. The molecular weight excluding hydrogens is 1090 g/mol. The lowest BCUT2D eigenvalue weighted by molar-refractivity contribution is -0.144. The number of nitrogens with one attached hydrogen (secondary N) is 6. The molecule has 0 radical (unpaired) electrons. The van der Waals surface area contributed by atoms with Crippen molar-refractivity contribution in [3.8, 4) is 17.1 Å². The monoisotopic (exact) mass is 1180 g/mol. The molecule has 2 aromatic heterocycles. The van der Waals surface area contributed by atoms with E-state index in [1.54, 1.807) is 12.4 Å². The molecule has 86 heavy (non-hydrogen) atoms. The van der Waals surface area contributed by atoms with Gasteiger partial charge in [-0.15, -0.1) is 10.2 Å². The number of allylic oxidation sites excluding steroid dienone is 1. The molecule has 0 aliphatic carbocycles. The molecular formula is C65H88BN11O9. The first-order chi connectivity index (χ1) is 41.7. The molecule has 5 aromatic rings. The molecule has 2 saturated heterocycles. The summed E-state index contributed by atoms with van der Waals surface area (Å²) < 4.78 is 23.2. The Bertz CT molecular complexity index is 3020. The van der Waals surface area contributed by atoms with Crippen LogP contribution in [0.2, 0.25) is 0 Å². The van der Waals surface area contributed by atoms with Crippen molar-refractivity contribution in [2.24, 2.45) is 10.4 Å². The number of likely N-dealkylation sites (tertiary alicyclic amines) is 1. The minimum Gasteiger partial charge on any atom is -0.494 e. The van der Waals surface area contributed by atoms with Gasteiger partial charge in [0.15, 0.2) is 11.6 Å². The van der Waals surface area contributed by atoms with E-state index in [0.29, 0.717) is 64.1 Å². The number of pyridine rings is 1. The van der Waals surface area contributed by atoms with E-state index in [2.05, 4.69) is 51.7 Å². The smallest absolute Gasteiger partial charge is 0.251 e. The maximum atomic E-state index is 14.0. The van der Waals surface area contributed by atoms with Gasteiger partial charge in [-0.1, -0.05) is 76.1 Å². The molecule has 0 bridgehead atoms. The van der Waals surface area contributed by atoms with Crippen LogP contribution >= 0.6 is 0 Å². The van der Waals surface area contributed by atoms with Crippen LogP contribution in [0, 0.1) is 5.41 Å². The number of piperidine rings is 1. The van der Waals surface area contributed by atoms with Crippen molar-refractivity contribution in [1.82, 2.24) is 46.3 Å². The molecule has 4 atom stereocenters. The number of aromatic amines is 1. The van der Waals surface area contributed by atoms with E-state index < -0.39 is 29.1 Å². The van der Waals surface area contributed by atoms with Gasteiger partial charge in [0.25, 0.3) is 5.91 Å². The third-order valence-electron chi connectivity index (χ3n) is 16.0. The van der Waals surface area contributed by atoms with Crippen LogP contribution in [-0.2, 0) is 40.7 Å². The fraction of sp³-hybridized carbons (Fsp3) is 0.508. The zero-order valence-corrected chi connectivity index (χ0v) is 50.8. The number of anilines is 1. The van der Waals surface area contributed by atoms with E-state index >= 15 is 0 Å². The summed E-state index contributed by atoms with van der Waals surface area (Å²) in [6.45, 7) is 15.4. The highest BCUT2D eigenvalue weighted by Crippen LogP contribution is 2.34. The third kappa shape index (κ3) is 19.1. The van der Waals surface area contributed by atoms with Crippen molar-refractivity contribution < 1.29 is 43.2 Å². The summed E-state index contributed by atoms with van der Waals surface area (Å²) in [6.07, 6.45) is 12.7. The first-order valence-electron chi connectivity index (χ1n) is 30.7. The average molecular weight is 1180 g/mol. The third-order valence-corrected chi connectivity index (χ3v) is 16.0. The predicted octanol–water partition coefficient (Wildman–Crippen LogP) is 7.57. The SMILES string of the molecule is CC1=C(c2ccc(CNC(=O)C3CC(O)CN3C(=O)C(NC(=O)CCCCCOCCOCCOCCCCCCOc3ccc([C@@H](C)NC(=O)c4cccc(NC5(c6nnc(-c7ccncc7)[nH]6)CCNCC5)c4)cc3)C(C)(C)C)cc2)BC=N1. The number of amides is 4. The van der Waals surface area contributed by atoms with Gasteiger partial charge in [0.05, 0.1) is 50.7 Å². The topological polar surface area (TPSA) is 256 Å². The lowest BCUT2D eigenvalue weighted by Crippen LogP contribution is -2.57. The van der Waals surface area contributed by atoms with Crippen LogP contribution in [0.4, 0.5) is 5.69 Å². The van der Waals surface area contributed by atoms with Crippen LogP contribution in [0.3, 0.4) is 0 Å². The molecule has 0 saturated carbocycles. The highest BCUT2D eigenvalue weighted by atomic mass is 16.5. The molecule has 7 N–H and O–H groups in total. The highest BCUT2D eigenvalue weighted by Gasteiger charge is 2.44. The summed E-state index contributed by atoms with van der Waals surface area (Å²) in [5.41, 5.74) is 6.39. The largest absolute Gasteiger partial charge is 0.494 e. The normalized spacial score (nSPS) is 17.2. The summed E-state index contributed by atoms with van der Waals surface area (Å²) in [7, 11) is 0.802.